The van der Waals surface area contributed by atoms with Crippen molar-refractivity contribution in [3.8, 4) is 0 Å². The summed E-state index contributed by atoms with van der Waals surface area (Å²) < 4.78 is 68.5. The summed E-state index contributed by atoms with van der Waals surface area (Å²) in [5.74, 6) is 0. The fourth-order valence-electron chi connectivity index (χ4n) is 0. The van der Waals surface area contributed by atoms with E-state index in [0.29, 0.717) is 0 Å². The maximum atomic E-state index is 8.59. The molecule has 13 heavy (non-hydrogen) atoms. The molecule has 0 unspecified atom stereocenters. The maximum absolute atomic E-state index is 8.59. The van der Waals surface area contributed by atoms with Gasteiger partial charge in [0.25, 0.3) is 0 Å². The average Bonchev–Trinajstić information content (AvgIpc) is 1.12. The zero-order valence-corrected chi connectivity index (χ0v) is 17.5. The van der Waals surface area contributed by atoms with Crippen LogP contribution in [0.2, 0.25) is 0 Å². The van der Waals surface area contributed by atoms with E-state index >= 15 is 0 Å². The van der Waals surface area contributed by atoms with Gasteiger partial charge in [0.1, 0.15) is 0 Å². The van der Waals surface area contributed by atoms with Crippen LogP contribution in [0.1, 0.15) is 0 Å². The van der Waals surface area contributed by atoms with Crippen molar-refractivity contribution in [1.29, 1.82) is 0 Å². The van der Waals surface area contributed by atoms with E-state index in [1.54, 1.807) is 0 Å². The molecule has 0 saturated heterocycles. The summed E-state index contributed by atoms with van der Waals surface area (Å²) in [6.45, 7) is 0. The van der Waals surface area contributed by atoms with Gasteiger partial charge in [-0.3, -0.25) is 8.42 Å². The Kier molecular flexibility index (Phi) is 29.2. The van der Waals surface area contributed by atoms with Crippen LogP contribution in [-0.4, -0.2) is 55.3 Å². The largest absolute Gasteiger partial charge is 2.00 e. The summed E-state index contributed by atoms with van der Waals surface area (Å²) >= 11 is -5.75. The summed E-state index contributed by atoms with van der Waals surface area (Å²) in [5.41, 5.74) is 0. The molecule has 64 valence electrons. The third-order valence-corrected chi connectivity index (χ3v) is 0. The Morgan fingerprint density at radius 3 is 1.00 bits per heavy atom. The molecular formula is CaCdCrO8SZn+2. The van der Waals surface area contributed by atoms with Crippen LogP contribution in [0.5, 0.6) is 0 Å². The Morgan fingerprint density at radius 2 is 1.00 bits per heavy atom. The molecule has 0 rings (SSSR count). The van der Waals surface area contributed by atoms with Gasteiger partial charge in [-0.1, -0.05) is 0 Å². The van der Waals surface area contributed by atoms with Gasteiger partial charge in [0.15, 0.2) is 0 Å². The molecule has 0 aliphatic rings. The number of hydrogen-bond acceptors (Lipinski definition) is 8. The van der Waals surface area contributed by atoms with Gasteiger partial charge in [0.05, 0.1) is 0 Å². The Labute approximate surface area is 139 Å². The van der Waals surface area contributed by atoms with Crippen LogP contribution >= 0.6 is 0 Å². The SMILES string of the molecule is O=S(=O)([O-])[O-].[Ca+2].[Cd+2].[O]=[Cr](=[O])([O-])[O-].[Zn+2]. The summed E-state index contributed by atoms with van der Waals surface area (Å²) in [7, 11) is -5.17. The first kappa shape index (κ1) is 29.6. The maximum Gasteiger partial charge on any atom is 2.00 e. The Morgan fingerprint density at radius 1 is 1.00 bits per heavy atom. The molecule has 0 N–H and O–H groups in total. The molecule has 0 atom stereocenters. The molecule has 0 saturated carbocycles. The molecule has 0 heterocycles. The van der Waals surface area contributed by atoms with E-state index in [1.807, 2.05) is 0 Å². The van der Waals surface area contributed by atoms with Gasteiger partial charge in [-0.05, 0) is 0 Å². The first-order valence-corrected chi connectivity index (χ1v) is 4.75. The summed E-state index contributed by atoms with van der Waals surface area (Å²) in [4.78, 5) is 0. The van der Waals surface area contributed by atoms with Crippen LogP contribution in [0, 0.1) is 0 Å². The molecule has 0 aromatic rings. The zero-order chi connectivity index (χ0) is 9.00. The normalized spacial score (nSPS) is 8.92. The van der Waals surface area contributed by atoms with Gasteiger partial charge in [-0.15, -0.1) is 0 Å². The molecule has 0 spiro atoms. The van der Waals surface area contributed by atoms with Crippen molar-refractivity contribution in [3.05, 3.63) is 0 Å². The van der Waals surface area contributed by atoms with Crippen LogP contribution in [0.3, 0.4) is 0 Å². The smallest absolute Gasteiger partial charge is 2.00 e. The summed E-state index contributed by atoms with van der Waals surface area (Å²) in [5, 5.41) is 0. The first-order chi connectivity index (χ1) is 4.00. The second-order valence-corrected chi connectivity index (χ2v) is 2.91. The van der Waals surface area contributed by atoms with Gasteiger partial charge in [-0.2, -0.15) is 0 Å². The minimum absolute atomic E-state index is 0. The predicted octanol–water partition coefficient (Wildman–Crippen LogP) is -4.34. The Bertz CT molecular complexity index is 221. The monoisotopic (exact) mass is 430 g/mol. The molecule has 13 heteroatoms. The number of rotatable bonds is 0. The van der Waals surface area contributed by atoms with E-state index in [2.05, 4.69) is 0 Å². The fraction of sp³-hybridized carbons (Fsp3) is 0. The third kappa shape index (κ3) is 321. The van der Waals surface area contributed by atoms with Crippen LogP contribution in [0.15, 0.2) is 0 Å². The van der Waals surface area contributed by atoms with Crippen molar-refractivity contribution in [1.82, 2.24) is 0 Å². The standard InChI is InChI=1S/Ca.Cd.Cr.H2O4S.4O.Zn/c;;;1-5(2,3)4;;;;;/h;;;(H2,1,2,3,4);;;;;/q2*+2;;;;;2*-1;+2/p-2. The van der Waals surface area contributed by atoms with E-state index in [-0.39, 0.29) is 84.5 Å². The van der Waals surface area contributed by atoms with Crippen molar-refractivity contribution in [3.63, 3.8) is 0 Å². The molecule has 0 aromatic heterocycles. The van der Waals surface area contributed by atoms with Gasteiger partial charge >= 0.3 is 114 Å². The summed E-state index contributed by atoms with van der Waals surface area (Å²) in [6, 6.07) is 0. The molecule has 0 amide bonds. The topological polar surface area (TPSA) is 161 Å². The van der Waals surface area contributed by atoms with E-state index in [1.165, 1.54) is 0 Å². The van der Waals surface area contributed by atoms with Crippen molar-refractivity contribution in [2.24, 2.45) is 0 Å². The van der Waals surface area contributed by atoms with Crippen LogP contribution in [0.4, 0.5) is 0 Å². The van der Waals surface area contributed by atoms with Crippen LogP contribution < -0.4 is 8.32 Å². The molecule has 0 aliphatic heterocycles. The second kappa shape index (κ2) is 12.8. The van der Waals surface area contributed by atoms with E-state index in [9.17, 15) is 0 Å². The van der Waals surface area contributed by atoms with Crippen LogP contribution in [0.25, 0.3) is 0 Å². The van der Waals surface area contributed by atoms with Crippen molar-refractivity contribution in [2.45, 2.75) is 0 Å². The van der Waals surface area contributed by atoms with E-state index < -0.39 is 24.0 Å². The molecule has 0 aromatic carbocycles. The van der Waals surface area contributed by atoms with Gasteiger partial charge < -0.3 is 9.11 Å². The molecular weight excluding hydrogens is 430 g/mol. The number of hydrogen-bond donors (Lipinski definition) is 0. The third-order valence-electron chi connectivity index (χ3n) is 0. The molecule has 0 fully saturated rings. The van der Waals surface area contributed by atoms with Gasteiger partial charge in [0, 0.05) is 10.4 Å². The Balaban J connectivity index is -0.0000000267. The minimum atomic E-state index is -5.75. The molecule has 0 radical (unpaired) electrons. The second-order valence-electron chi connectivity index (χ2n) is 0.816. The van der Waals surface area contributed by atoms with Gasteiger partial charge in [0.2, 0.25) is 0 Å². The molecule has 0 aliphatic carbocycles. The zero-order valence-electron chi connectivity index (χ0n) is 6.20. The van der Waals surface area contributed by atoms with Crippen molar-refractivity contribution in [2.75, 3.05) is 0 Å². The van der Waals surface area contributed by atoms with E-state index in [0.717, 1.165) is 0 Å². The minimum Gasteiger partial charge on any atom is 2.00 e. The molecule has 0 bridgehead atoms. The quantitative estimate of drug-likeness (QED) is 0.212. The average molecular weight is 430 g/mol. The molecule has 8 nitrogen and oxygen atoms in total. The summed E-state index contributed by atoms with van der Waals surface area (Å²) in [6.07, 6.45) is 0. The fourth-order valence-corrected chi connectivity index (χ4v) is 0. The van der Waals surface area contributed by atoms with Gasteiger partial charge in [-0.25, -0.2) is 0 Å². The first-order valence-electron chi connectivity index (χ1n) is 1.33. The van der Waals surface area contributed by atoms with Crippen LogP contribution in [-0.2, 0) is 78.4 Å². The van der Waals surface area contributed by atoms with Crippen molar-refractivity contribution < 1.29 is 93.8 Å². The predicted molar refractivity (Wildman–Crippen MR) is 17.6 cm³/mol. The van der Waals surface area contributed by atoms with Crippen molar-refractivity contribution >= 4 is 48.1 Å². The Hall–Kier alpha value is 2.73. The van der Waals surface area contributed by atoms with E-state index in [4.69, 9.17) is 33.4 Å².